The summed E-state index contributed by atoms with van der Waals surface area (Å²) >= 11 is 0. The standard InChI is InChI=1S/C20H25N3O.2ClH/c21-18-8-4-7-17(15-18)20(24)22-19-10-13-23(14-11-19)12-9-16-5-2-1-3-6-16;;/h1-8,15,19H,9-14,21H2,(H,22,24);2*1H. The normalized spacial score (nSPS) is 14.8. The molecule has 0 unspecified atom stereocenters. The molecule has 3 rings (SSSR count). The van der Waals surface area contributed by atoms with Crippen molar-refractivity contribution in [1.29, 1.82) is 0 Å². The Morgan fingerprint density at radius 3 is 2.38 bits per heavy atom. The number of hydrogen-bond acceptors (Lipinski definition) is 3. The van der Waals surface area contributed by atoms with Crippen LogP contribution in [0.4, 0.5) is 5.69 Å². The van der Waals surface area contributed by atoms with Gasteiger partial charge in [-0.1, -0.05) is 36.4 Å². The van der Waals surface area contributed by atoms with Crippen molar-refractivity contribution in [2.24, 2.45) is 0 Å². The van der Waals surface area contributed by atoms with E-state index < -0.39 is 0 Å². The highest BCUT2D eigenvalue weighted by molar-refractivity contribution is 5.95. The molecule has 1 aliphatic rings. The van der Waals surface area contributed by atoms with Crippen LogP contribution in [0, 0.1) is 0 Å². The molecule has 2 aromatic rings. The van der Waals surface area contributed by atoms with Gasteiger partial charge in [-0.05, 0) is 43.0 Å². The number of halogens is 2. The van der Waals surface area contributed by atoms with Gasteiger partial charge in [0, 0.05) is 36.9 Å². The number of carbonyl (C=O) groups excluding carboxylic acids is 1. The maximum atomic E-state index is 12.3. The minimum atomic E-state index is -0.0231. The van der Waals surface area contributed by atoms with Gasteiger partial charge in [0.2, 0.25) is 0 Å². The van der Waals surface area contributed by atoms with Gasteiger partial charge in [-0.15, -0.1) is 24.8 Å². The third kappa shape index (κ3) is 6.52. The Balaban J connectivity index is 0.00000169. The Morgan fingerprint density at radius 2 is 1.73 bits per heavy atom. The maximum Gasteiger partial charge on any atom is 0.251 e. The zero-order valence-corrected chi connectivity index (χ0v) is 16.4. The molecule has 1 fully saturated rings. The number of nitrogen functional groups attached to an aromatic ring is 1. The summed E-state index contributed by atoms with van der Waals surface area (Å²) in [7, 11) is 0. The van der Waals surface area contributed by atoms with E-state index in [1.165, 1.54) is 5.56 Å². The minimum absolute atomic E-state index is 0. The van der Waals surface area contributed by atoms with Gasteiger partial charge in [-0.3, -0.25) is 4.79 Å². The smallest absolute Gasteiger partial charge is 0.251 e. The highest BCUT2D eigenvalue weighted by atomic mass is 35.5. The predicted octanol–water partition coefficient (Wildman–Crippen LogP) is 3.55. The lowest BCUT2D eigenvalue weighted by molar-refractivity contribution is 0.0911. The van der Waals surface area contributed by atoms with Crippen LogP contribution in [0.3, 0.4) is 0 Å². The zero-order chi connectivity index (χ0) is 16.8. The van der Waals surface area contributed by atoms with E-state index in [1.807, 2.05) is 6.07 Å². The van der Waals surface area contributed by atoms with Crippen molar-refractivity contribution >= 4 is 36.4 Å². The lowest BCUT2D eigenvalue weighted by Crippen LogP contribution is -2.45. The lowest BCUT2D eigenvalue weighted by atomic mass is 10.0. The summed E-state index contributed by atoms with van der Waals surface area (Å²) in [6, 6.07) is 18.0. The van der Waals surface area contributed by atoms with E-state index in [9.17, 15) is 4.79 Å². The molecule has 0 aliphatic carbocycles. The molecule has 0 bridgehead atoms. The number of piperidine rings is 1. The number of benzene rings is 2. The fraction of sp³-hybridized carbons (Fsp3) is 0.350. The highest BCUT2D eigenvalue weighted by Crippen LogP contribution is 2.13. The molecule has 0 saturated carbocycles. The third-order valence-electron chi connectivity index (χ3n) is 4.63. The SMILES string of the molecule is Cl.Cl.Nc1cccc(C(=O)NC2CCN(CCc3ccccc3)CC2)c1. The Bertz CT molecular complexity index is 674. The first kappa shape index (κ1) is 22.3. The van der Waals surface area contributed by atoms with Gasteiger partial charge in [0.1, 0.15) is 0 Å². The fourth-order valence-electron chi connectivity index (χ4n) is 3.18. The molecule has 0 spiro atoms. The molecule has 142 valence electrons. The average molecular weight is 396 g/mol. The van der Waals surface area contributed by atoms with Gasteiger partial charge in [0.05, 0.1) is 0 Å². The number of nitrogens with zero attached hydrogens (tertiary/aromatic N) is 1. The lowest BCUT2D eigenvalue weighted by Gasteiger charge is -2.32. The summed E-state index contributed by atoms with van der Waals surface area (Å²) in [6.07, 6.45) is 3.09. The molecule has 3 N–H and O–H groups in total. The molecular weight excluding hydrogens is 369 g/mol. The Kier molecular flexibility index (Phi) is 9.49. The number of hydrogen-bond donors (Lipinski definition) is 2. The number of carbonyl (C=O) groups is 1. The Morgan fingerprint density at radius 1 is 1.04 bits per heavy atom. The van der Waals surface area contributed by atoms with Crippen LogP contribution in [-0.2, 0) is 6.42 Å². The second-order valence-corrected chi connectivity index (χ2v) is 6.45. The van der Waals surface area contributed by atoms with Crippen molar-refractivity contribution in [2.45, 2.75) is 25.3 Å². The van der Waals surface area contributed by atoms with Crippen molar-refractivity contribution in [3.05, 3.63) is 65.7 Å². The van der Waals surface area contributed by atoms with Crippen LogP contribution in [0.15, 0.2) is 54.6 Å². The molecule has 1 saturated heterocycles. The molecule has 1 amide bonds. The maximum absolute atomic E-state index is 12.3. The number of amides is 1. The van der Waals surface area contributed by atoms with Gasteiger partial charge in [-0.25, -0.2) is 0 Å². The molecular formula is C20H27Cl2N3O. The molecule has 1 heterocycles. The van der Waals surface area contributed by atoms with Crippen LogP contribution in [0.2, 0.25) is 0 Å². The largest absolute Gasteiger partial charge is 0.399 e. The second-order valence-electron chi connectivity index (χ2n) is 6.45. The fourth-order valence-corrected chi connectivity index (χ4v) is 3.18. The molecule has 0 radical (unpaired) electrons. The number of likely N-dealkylation sites (tertiary alicyclic amines) is 1. The van der Waals surface area contributed by atoms with E-state index in [-0.39, 0.29) is 36.8 Å². The Labute approximate surface area is 168 Å². The Hall–Kier alpha value is -1.75. The highest BCUT2D eigenvalue weighted by Gasteiger charge is 2.20. The van der Waals surface area contributed by atoms with Gasteiger partial charge in [-0.2, -0.15) is 0 Å². The summed E-state index contributed by atoms with van der Waals surface area (Å²) in [6.45, 7) is 3.16. The second kappa shape index (κ2) is 11.1. The van der Waals surface area contributed by atoms with E-state index in [0.717, 1.165) is 38.9 Å². The molecule has 1 aliphatic heterocycles. The van der Waals surface area contributed by atoms with Gasteiger partial charge < -0.3 is 16.0 Å². The van der Waals surface area contributed by atoms with Crippen molar-refractivity contribution in [3.8, 4) is 0 Å². The number of anilines is 1. The van der Waals surface area contributed by atoms with Crippen LogP contribution >= 0.6 is 24.8 Å². The molecule has 2 aromatic carbocycles. The van der Waals surface area contributed by atoms with Gasteiger partial charge >= 0.3 is 0 Å². The average Bonchev–Trinajstić information content (AvgIpc) is 2.62. The van der Waals surface area contributed by atoms with Crippen LogP contribution in [0.25, 0.3) is 0 Å². The first-order chi connectivity index (χ1) is 11.7. The van der Waals surface area contributed by atoms with Crippen molar-refractivity contribution in [2.75, 3.05) is 25.4 Å². The first-order valence-corrected chi connectivity index (χ1v) is 8.63. The van der Waals surface area contributed by atoms with Crippen LogP contribution < -0.4 is 11.1 Å². The molecule has 4 nitrogen and oxygen atoms in total. The van der Waals surface area contributed by atoms with Crippen molar-refractivity contribution in [1.82, 2.24) is 10.2 Å². The van der Waals surface area contributed by atoms with Gasteiger partial charge in [0.25, 0.3) is 5.91 Å². The summed E-state index contributed by atoms with van der Waals surface area (Å²) in [4.78, 5) is 14.8. The third-order valence-corrected chi connectivity index (χ3v) is 4.63. The number of rotatable bonds is 5. The minimum Gasteiger partial charge on any atom is -0.399 e. The molecule has 26 heavy (non-hydrogen) atoms. The molecule has 0 aromatic heterocycles. The van der Waals surface area contributed by atoms with E-state index in [4.69, 9.17) is 5.73 Å². The summed E-state index contributed by atoms with van der Waals surface area (Å²) in [5, 5.41) is 3.14. The first-order valence-electron chi connectivity index (χ1n) is 8.63. The summed E-state index contributed by atoms with van der Waals surface area (Å²) in [5.74, 6) is -0.0231. The molecule has 6 heteroatoms. The van der Waals surface area contributed by atoms with Crippen molar-refractivity contribution in [3.63, 3.8) is 0 Å². The topological polar surface area (TPSA) is 58.4 Å². The van der Waals surface area contributed by atoms with Gasteiger partial charge in [0.15, 0.2) is 0 Å². The number of nitrogens with one attached hydrogen (secondary N) is 1. The monoisotopic (exact) mass is 395 g/mol. The quantitative estimate of drug-likeness (QED) is 0.760. The predicted molar refractivity (Wildman–Crippen MR) is 112 cm³/mol. The van der Waals surface area contributed by atoms with E-state index in [0.29, 0.717) is 11.3 Å². The summed E-state index contributed by atoms with van der Waals surface area (Å²) in [5.41, 5.74) is 8.39. The zero-order valence-electron chi connectivity index (χ0n) is 14.8. The summed E-state index contributed by atoms with van der Waals surface area (Å²) < 4.78 is 0. The van der Waals surface area contributed by atoms with Crippen molar-refractivity contribution < 1.29 is 4.79 Å². The van der Waals surface area contributed by atoms with E-state index in [1.54, 1.807) is 18.2 Å². The molecule has 0 atom stereocenters. The van der Waals surface area contributed by atoms with E-state index in [2.05, 4.69) is 40.5 Å². The van der Waals surface area contributed by atoms with Crippen LogP contribution in [-0.4, -0.2) is 36.5 Å². The number of nitrogens with two attached hydrogens (primary N) is 1. The van der Waals surface area contributed by atoms with Crippen LogP contribution in [0.5, 0.6) is 0 Å². The van der Waals surface area contributed by atoms with E-state index >= 15 is 0 Å². The van der Waals surface area contributed by atoms with Crippen LogP contribution in [0.1, 0.15) is 28.8 Å².